The number of hydrogen-bond acceptors (Lipinski definition) is 3. The first kappa shape index (κ1) is 10.3. The molecule has 2 rings (SSSR count). The van der Waals surface area contributed by atoms with Gasteiger partial charge in [0.05, 0.1) is 0 Å². The van der Waals surface area contributed by atoms with Crippen molar-refractivity contribution in [3.8, 4) is 11.5 Å². The molecule has 1 aliphatic rings. The highest BCUT2D eigenvalue weighted by atomic mass is 16.6. The Morgan fingerprint density at radius 2 is 2.13 bits per heavy atom. The van der Waals surface area contributed by atoms with Gasteiger partial charge in [0.25, 0.3) is 0 Å². The molecule has 0 aliphatic carbocycles. The summed E-state index contributed by atoms with van der Waals surface area (Å²) in [6.45, 7) is 3.30. The smallest absolute Gasteiger partial charge is 0.164 e. The second-order valence-corrected chi connectivity index (χ2v) is 3.96. The van der Waals surface area contributed by atoms with Crippen LogP contribution >= 0.6 is 0 Å². The minimum Gasteiger partial charge on any atom is -0.486 e. The predicted octanol–water partition coefficient (Wildman–Crippen LogP) is 1.74. The van der Waals surface area contributed by atoms with Crippen LogP contribution in [0.15, 0.2) is 18.2 Å². The highest BCUT2D eigenvalue weighted by molar-refractivity contribution is 5.47. The average Bonchev–Trinajstić information content (AvgIpc) is 2.26. The molecule has 3 heteroatoms. The molecular formula is C12H17NO2. The number of fused-ring (bicyclic) bond motifs is 1. The Labute approximate surface area is 90.2 Å². The second kappa shape index (κ2) is 4.53. The lowest BCUT2D eigenvalue weighted by Crippen LogP contribution is -2.18. The number of hydrogen-bond donors (Lipinski definition) is 1. The Morgan fingerprint density at radius 1 is 1.33 bits per heavy atom. The van der Waals surface area contributed by atoms with Crippen LogP contribution in [-0.2, 0) is 6.42 Å². The third kappa shape index (κ3) is 2.42. The first-order valence-electron chi connectivity index (χ1n) is 5.40. The van der Waals surface area contributed by atoms with Gasteiger partial charge in [-0.15, -0.1) is 0 Å². The molecule has 3 nitrogen and oxygen atoms in total. The molecule has 1 heterocycles. The molecule has 1 aliphatic heterocycles. The zero-order valence-electron chi connectivity index (χ0n) is 9.03. The van der Waals surface area contributed by atoms with Crippen molar-refractivity contribution < 1.29 is 9.47 Å². The van der Waals surface area contributed by atoms with Crippen LogP contribution in [0.25, 0.3) is 0 Å². The first-order valence-corrected chi connectivity index (χ1v) is 5.40. The van der Waals surface area contributed by atoms with E-state index < -0.39 is 0 Å². The fraction of sp³-hybridized carbons (Fsp3) is 0.500. The maximum absolute atomic E-state index is 5.74. The van der Waals surface area contributed by atoms with E-state index in [1.54, 1.807) is 0 Å². The number of nitrogens with two attached hydrogens (primary N) is 1. The molecule has 2 N–H and O–H groups in total. The fourth-order valence-electron chi connectivity index (χ4n) is 1.71. The summed E-state index contributed by atoms with van der Waals surface area (Å²) in [5, 5.41) is 0. The van der Waals surface area contributed by atoms with Crippen molar-refractivity contribution in [2.45, 2.75) is 25.8 Å². The van der Waals surface area contributed by atoms with Gasteiger partial charge in [0.2, 0.25) is 0 Å². The lowest BCUT2D eigenvalue weighted by Gasteiger charge is -2.21. The molecule has 0 aromatic heterocycles. The molecule has 0 saturated carbocycles. The summed E-state index contributed by atoms with van der Waals surface area (Å²) in [7, 11) is 0. The maximum atomic E-state index is 5.74. The first-order chi connectivity index (χ1) is 7.27. The highest BCUT2D eigenvalue weighted by Crippen LogP contribution is 2.34. The van der Waals surface area contributed by atoms with Crippen molar-refractivity contribution in [1.82, 2.24) is 0 Å². The standard InChI is InChI=1S/C12H17NO2/c1-9(13)5-6-10-3-2-4-11-12(10)15-8-7-14-11/h2-4,9H,5-8,13H2,1H3/t9-/m0/s1. The molecule has 0 amide bonds. The molecule has 0 radical (unpaired) electrons. The summed E-state index contributed by atoms with van der Waals surface area (Å²) in [4.78, 5) is 0. The van der Waals surface area contributed by atoms with Crippen LogP contribution in [0.2, 0.25) is 0 Å². The maximum Gasteiger partial charge on any atom is 0.164 e. The SMILES string of the molecule is C[C@H](N)CCc1cccc2c1OCCO2. The van der Waals surface area contributed by atoms with Crippen LogP contribution < -0.4 is 15.2 Å². The normalized spacial score (nSPS) is 16.1. The van der Waals surface area contributed by atoms with Crippen molar-refractivity contribution in [2.24, 2.45) is 5.73 Å². The monoisotopic (exact) mass is 207 g/mol. The van der Waals surface area contributed by atoms with Crippen molar-refractivity contribution >= 4 is 0 Å². The van der Waals surface area contributed by atoms with Crippen LogP contribution in [0.4, 0.5) is 0 Å². The molecular weight excluding hydrogens is 190 g/mol. The summed E-state index contributed by atoms with van der Waals surface area (Å²) in [5.74, 6) is 1.77. The van der Waals surface area contributed by atoms with E-state index in [2.05, 4.69) is 6.07 Å². The van der Waals surface area contributed by atoms with Crippen molar-refractivity contribution in [3.63, 3.8) is 0 Å². The summed E-state index contributed by atoms with van der Waals surface area (Å²) in [5.41, 5.74) is 6.94. The van der Waals surface area contributed by atoms with Gasteiger partial charge in [0, 0.05) is 6.04 Å². The molecule has 1 aromatic carbocycles. The van der Waals surface area contributed by atoms with Crippen LogP contribution in [0.1, 0.15) is 18.9 Å². The lowest BCUT2D eigenvalue weighted by molar-refractivity contribution is 0.170. The average molecular weight is 207 g/mol. The van der Waals surface area contributed by atoms with Gasteiger partial charge in [0.1, 0.15) is 13.2 Å². The third-order valence-corrected chi connectivity index (χ3v) is 2.52. The van der Waals surface area contributed by atoms with Gasteiger partial charge in [-0.1, -0.05) is 12.1 Å². The minimum absolute atomic E-state index is 0.227. The number of para-hydroxylation sites is 1. The summed E-state index contributed by atoms with van der Waals surface area (Å²) in [6, 6.07) is 6.26. The van der Waals surface area contributed by atoms with E-state index in [4.69, 9.17) is 15.2 Å². The Balaban J connectivity index is 2.16. The van der Waals surface area contributed by atoms with E-state index in [-0.39, 0.29) is 6.04 Å². The van der Waals surface area contributed by atoms with Gasteiger partial charge in [0.15, 0.2) is 11.5 Å². The van der Waals surface area contributed by atoms with Gasteiger partial charge >= 0.3 is 0 Å². The van der Waals surface area contributed by atoms with E-state index in [1.165, 1.54) is 5.56 Å². The Kier molecular flexibility index (Phi) is 3.11. The van der Waals surface area contributed by atoms with E-state index in [1.807, 2.05) is 19.1 Å². The molecule has 82 valence electrons. The Morgan fingerprint density at radius 3 is 2.93 bits per heavy atom. The second-order valence-electron chi connectivity index (χ2n) is 3.96. The van der Waals surface area contributed by atoms with Gasteiger partial charge < -0.3 is 15.2 Å². The quantitative estimate of drug-likeness (QED) is 0.821. The molecule has 1 aromatic rings. The van der Waals surface area contributed by atoms with Crippen molar-refractivity contribution in [1.29, 1.82) is 0 Å². The van der Waals surface area contributed by atoms with E-state index in [0.29, 0.717) is 13.2 Å². The van der Waals surface area contributed by atoms with Gasteiger partial charge in [-0.3, -0.25) is 0 Å². The molecule has 0 bridgehead atoms. The van der Waals surface area contributed by atoms with Crippen LogP contribution in [0, 0.1) is 0 Å². The Hall–Kier alpha value is -1.22. The lowest BCUT2D eigenvalue weighted by atomic mass is 10.0. The highest BCUT2D eigenvalue weighted by Gasteiger charge is 2.15. The fourth-order valence-corrected chi connectivity index (χ4v) is 1.71. The predicted molar refractivity (Wildman–Crippen MR) is 59.4 cm³/mol. The van der Waals surface area contributed by atoms with Crippen molar-refractivity contribution in [2.75, 3.05) is 13.2 Å². The van der Waals surface area contributed by atoms with Crippen LogP contribution in [0.3, 0.4) is 0 Å². The van der Waals surface area contributed by atoms with E-state index in [9.17, 15) is 0 Å². The molecule has 0 spiro atoms. The number of ether oxygens (including phenoxy) is 2. The Bertz CT molecular complexity index is 336. The molecule has 0 unspecified atom stereocenters. The van der Waals surface area contributed by atoms with E-state index in [0.717, 1.165) is 24.3 Å². The molecule has 0 fully saturated rings. The summed E-state index contributed by atoms with van der Waals surface area (Å²) >= 11 is 0. The zero-order valence-corrected chi connectivity index (χ0v) is 9.03. The van der Waals surface area contributed by atoms with Gasteiger partial charge in [-0.05, 0) is 31.4 Å². The summed E-state index contributed by atoms with van der Waals surface area (Å²) in [6.07, 6.45) is 1.92. The zero-order chi connectivity index (χ0) is 10.7. The molecule has 15 heavy (non-hydrogen) atoms. The molecule has 1 atom stereocenters. The van der Waals surface area contributed by atoms with Gasteiger partial charge in [-0.2, -0.15) is 0 Å². The van der Waals surface area contributed by atoms with Crippen LogP contribution in [0.5, 0.6) is 11.5 Å². The largest absolute Gasteiger partial charge is 0.486 e. The number of rotatable bonds is 3. The topological polar surface area (TPSA) is 44.5 Å². The van der Waals surface area contributed by atoms with Crippen LogP contribution in [-0.4, -0.2) is 19.3 Å². The van der Waals surface area contributed by atoms with E-state index >= 15 is 0 Å². The van der Waals surface area contributed by atoms with Gasteiger partial charge in [-0.25, -0.2) is 0 Å². The number of aryl methyl sites for hydroxylation is 1. The minimum atomic E-state index is 0.227. The van der Waals surface area contributed by atoms with Crippen molar-refractivity contribution in [3.05, 3.63) is 23.8 Å². The summed E-state index contributed by atoms with van der Waals surface area (Å²) < 4.78 is 11.1. The third-order valence-electron chi connectivity index (χ3n) is 2.52. The molecule has 0 saturated heterocycles. The number of benzene rings is 1.